The van der Waals surface area contributed by atoms with E-state index in [-0.39, 0.29) is 55.2 Å². The zero-order chi connectivity index (χ0) is 41.5. The van der Waals surface area contributed by atoms with Crippen molar-refractivity contribution in [3.05, 3.63) is 139 Å². The van der Waals surface area contributed by atoms with Gasteiger partial charge in [-0.3, -0.25) is 24.0 Å². The number of carbonyl (C=O) groups excluding carboxylic acids is 5. The third kappa shape index (κ3) is 12.7. The summed E-state index contributed by atoms with van der Waals surface area (Å²) >= 11 is 0. The Morgan fingerprint density at radius 1 is 0.684 bits per heavy atom. The maximum absolute atomic E-state index is 13.9. The molecule has 16 heteroatoms. The molecule has 0 saturated carbocycles. The second-order valence-corrected chi connectivity index (χ2v) is 13.8. The number of carbonyl (C=O) groups is 5. The van der Waals surface area contributed by atoms with E-state index >= 15 is 0 Å². The number of hydrogen-bond acceptors (Lipinski definition) is 11. The Morgan fingerprint density at radius 3 is 1.74 bits per heavy atom. The van der Waals surface area contributed by atoms with Crippen molar-refractivity contribution in [3.63, 3.8) is 0 Å². The van der Waals surface area contributed by atoms with Crippen LogP contribution in [0.3, 0.4) is 0 Å². The summed E-state index contributed by atoms with van der Waals surface area (Å²) in [6, 6.07) is 21.9. The molecule has 57 heavy (non-hydrogen) atoms. The van der Waals surface area contributed by atoms with Crippen molar-refractivity contribution < 1.29 is 43.1 Å². The Kier molecular flexibility index (Phi) is 15.3. The van der Waals surface area contributed by atoms with Gasteiger partial charge in [-0.15, -0.1) is 9.46 Å². The van der Waals surface area contributed by atoms with Crippen molar-refractivity contribution in [2.75, 3.05) is 20.2 Å². The molecule has 3 amide bonds. The van der Waals surface area contributed by atoms with Crippen molar-refractivity contribution >= 4 is 29.7 Å². The Hall–Kier alpha value is -6.71. The van der Waals surface area contributed by atoms with Gasteiger partial charge in [0, 0.05) is 19.1 Å². The van der Waals surface area contributed by atoms with Crippen LogP contribution in [-0.4, -0.2) is 71.0 Å². The van der Waals surface area contributed by atoms with E-state index in [0.717, 1.165) is 17.9 Å². The Morgan fingerprint density at radius 2 is 1.21 bits per heavy atom. The lowest BCUT2D eigenvalue weighted by Crippen LogP contribution is -2.47. The standard InChI is InChI=1S/C41H47N5O11/c1-27(47)31-19-21-34(46(37(31)50)56-26-29-16-10-7-11-17-29)36(49)44-30(18-12-13-23-42-40(53)57-41(2,3)4)24-43-35(48)33-22-20-32(39(52)54-5)38(51)45(33)55-25-28-14-8-6-9-15-28/h6-11,14-17,19-22,30H,12-13,18,23-26H2,1-5H3,(H,42,53)(H,43,48)(H,44,49)/t30-/m0/s1. The number of methoxy groups -OCH3 is 1. The molecular formula is C41H47N5O11. The minimum Gasteiger partial charge on any atom is -0.465 e. The van der Waals surface area contributed by atoms with Gasteiger partial charge in [0.05, 0.1) is 12.7 Å². The van der Waals surface area contributed by atoms with E-state index in [2.05, 4.69) is 16.0 Å². The van der Waals surface area contributed by atoms with Crippen LogP contribution in [0.15, 0.2) is 94.5 Å². The number of rotatable bonds is 18. The van der Waals surface area contributed by atoms with Gasteiger partial charge in [-0.2, -0.15) is 0 Å². The first-order chi connectivity index (χ1) is 27.2. The first kappa shape index (κ1) is 43.0. The van der Waals surface area contributed by atoms with Crippen molar-refractivity contribution in [3.8, 4) is 0 Å². The average molecular weight is 786 g/mol. The molecule has 1 atom stereocenters. The highest BCUT2D eigenvalue weighted by molar-refractivity contribution is 5.97. The lowest BCUT2D eigenvalue weighted by atomic mass is 10.1. The molecule has 0 aliphatic rings. The van der Waals surface area contributed by atoms with Gasteiger partial charge in [0.15, 0.2) is 5.78 Å². The number of nitrogens with one attached hydrogen (secondary N) is 3. The highest BCUT2D eigenvalue weighted by Gasteiger charge is 2.24. The lowest BCUT2D eigenvalue weighted by Gasteiger charge is -2.22. The number of benzene rings is 2. The van der Waals surface area contributed by atoms with Crippen molar-refractivity contribution in [2.24, 2.45) is 0 Å². The molecule has 0 fully saturated rings. The topological polar surface area (TPSA) is 202 Å². The number of esters is 1. The molecule has 0 spiro atoms. The van der Waals surface area contributed by atoms with Gasteiger partial charge in [0.2, 0.25) is 0 Å². The van der Waals surface area contributed by atoms with Gasteiger partial charge < -0.3 is 35.1 Å². The minimum atomic E-state index is -0.921. The summed E-state index contributed by atoms with van der Waals surface area (Å²) in [6.45, 7) is 6.36. The zero-order valence-corrected chi connectivity index (χ0v) is 32.5. The highest BCUT2D eigenvalue weighted by Crippen LogP contribution is 2.10. The zero-order valence-electron chi connectivity index (χ0n) is 32.5. The molecule has 0 radical (unpaired) electrons. The molecule has 0 bridgehead atoms. The Bertz CT molecular complexity index is 2160. The fraction of sp³-hybridized carbons (Fsp3) is 0.341. The van der Waals surface area contributed by atoms with Crippen LogP contribution >= 0.6 is 0 Å². The molecular weight excluding hydrogens is 738 g/mol. The summed E-state index contributed by atoms with van der Waals surface area (Å²) in [5.74, 6) is -2.95. The quantitative estimate of drug-likeness (QED) is 0.0758. The molecule has 16 nitrogen and oxygen atoms in total. The molecule has 302 valence electrons. The number of aromatic nitrogens is 2. The van der Waals surface area contributed by atoms with Crippen LogP contribution in [0.25, 0.3) is 0 Å². The number of hydrogen-bond donors (Lipinski definition) is 3. The van der Waals surface area contributed by atoms with E-state index in [1.54, 1.807) is 75.4 Å². The van der Waals surface area contributed by atoms with Crippen LogP contribution in [0.4, 0.5) is 4.79 Å². The number of pyridine rings is 2. The molecule has 0 aliphatic carbocycles. The molecule has 0 unspecified atom stereocenters. The first-order valence-corrected chi connectivity index (χ1v) is 18.2. The lowest BCUT2D eigenvalue weighted by molar-refractivity contribution is 0.0525. The van der Waals surface area contributed by atoms with Gasteiger partial charge in [0.1, 0.15) is 35.8 Å². The fourth-order valence-electron chi connectivity index (χ4n) is 5.40. The highest BCUT2D eigenvalue weighted by atomic mass is 16.7. The maximum Gasteiger partial charge on any atom is 0.407 e. The van der Waals surface area contributed by atoms with E-state index < -0.39 is 52.4 Å². The van der Waals surface area contributed by atoms with Crippen molar-refractivity contribution in [1.82, 2.24) is 25.4 Å². The number of ketones is 1. The Labute approximate surface area is 329 Å². The number of nitrogens with zero attached hydrogens (tertiary/aromatic N) is 2. The minimum absolute atomic E-state index is 0.0880. The van der Waals surface area contributed by atoms with E-state index in [1.807, 2.05) is 6.07 Å². The van der Waals surface area contributed by atoms with E-state index in [4.69, 9.17) is 19.1 Å². The van der Waals surface area contributed by atoms with Crippen LogP contribution in [0.5, 0.6) is 0 Å². The predicted molar refractivity (Wildman–Crippen MR) is 208 cm³/mol. The van der Waals surface area contributed by atoms with Gasteiger partial charge in [-0.1, -0.05) is 60.7 Å². The first-order valence-electron chi connectivity index (χ1n) is 18.2. The average Bonchev–Trinajstić information content (AvgIpc) is 3.18. The van der Waals surface area contributed by atoms with Gasteiger partial charge in [0.25, 0.3) is 22.9 Å². The third-order valence-electron chi connectivity index (χ3n) is 8.23. The van der Waals surface area contributed by atoms with E-state index in [9.17, 15) is 33.6 Å². The van der Waals surface area contributed by atoms with Crippen molar-refractivity contribution in [1.29, 1.82) is 0 Å². The van der Waals surface area contributed by atoms with Gasteiger partial charge in [-0.05, 0) is 82.3 Å². The number of amides is 3. The summed E-state index contributed by atoms with van der Waals surface area (Å²) in [7, 11) is 1.12. The summed E-state index contributed by atoms with van der Waals surface area (Å²) in [4.78, 5) is 102. The second kappa shape index (κ2) is 20.3. The third-order valence-corrected chi connectivity index (χ3v) is 8.23. The van der Waals surface area contributed by atoms with Crippen LogP contribution in [0.1, 0.15) is 99.8 Å². The fourth-order valence-corrected chi connectivity index (χ4v) is 5.40. The smallest absolute Gasteiger partial charge is 0.407 e. The van der Waals surface area contributed by atoms with Crippen molar-refractivity contribution in [2.45, 2.75) is 71.8 Å². The predicted octanol–water partition coefficient (Wildman–Crippen LogP) is 3.48. The second-order valence-electron chi connectivity index (χ2n) is 13.8. The van der Waals surface area contributed by atoms with Crippen LogP contribution in [-0.2, 0) is 22.7 Å². The largest absolute Gasteiger partial charge is 0.465 e. The Balaban J connectivity index is 1.57. The normalized spacial score (nSPS) is 11.5. The molecule has 4 aromatic rings. The number of ether oxygens (including phenoxy) is 2. The van der Waals surface area contributed by atoms with E-state index in [0.29, 0.717) is 28.7 Å². The number of alkyl carbamates (subject to hydrolysis) is 1. The summed E-state index contributed by atoms with van der Waals surface area (Å²) in [6.07, 6.45) is 0.623. The molecule has 2 aromatic carbocycles. The molecule has 0 aliphatic heterocycles. The molecule has 3 N–H and O–H groups in total. The SMILES string of the molecule is COC(=O)c1ccc(C(=O)NC[C@H](CCCCNC(=O)OC(C)(C)C)NC(=O)c2ccc(C(C)=O)c(=O)n2OCc2ccccc2)n(OCc2ccccc2)c1=O. The molecule has 4 rings (SSSR count). The number of unbranched alkanes of at least 4 members (excludes halogenated alkanes) is 1. The van der Waals surface area contributed by atoms with Crippen LogP contribution in [0.2, 0.25) is 0 Å². The van der Waals surface area contributed by atoms with E-state index in [1.165, 1.54) is 25.1 Å². The summed E-state index contributed by atoms with van der Waals surface area (Å²) < 4.78 is 11.5. The summed E-state index contributed by atoms with van der Waals surface area (Å²) in [5, 5.41) is 8.24. The monoisotopic (exact) mass is 785 g/mol. The van der Waals surface area contributed by atoms with Gasteiger partial charge in [-0.25, -0.2) is 9.59 Å². The molecule has 0 saturated heterocycles. The number of Topliss-reactive ketones (excluding diaryl/α,β-unsaturated/α-hetero) is 1. The molecule has 2 heterocycles. The van der Waals surface area contributed by atoms with Gasteiger partial charge >= 0.3 is 12.1 Å². The van der Waals surface area contributed by atoms with Crippen LogP contribution < -0.4 is 36.7 Å². The summed E-state index contributed by atoms with van der Waals surface area (Å²) in [5.41, 5.74) is -2.01. The maximum atomic E-state index is 13.9. The van der Waals surface area contributed by atoms with Crippen LogP contribution in [0, 0.1) is 0 Å². The molecule has 2 aromatic heterocycles.